The number of anilines is 1. The molecule has 4 nitrogen and oxygen atoms in total. The third-order valence-corrected chi connectivity index (χ3v) is 1.52. The lowest BCUT2D eigenvalue weighted by Gasteiger charge is -1.83. The third kappa shape index (κ3) is 1.67. The van der Waals surface area contributed by atoms with Crippen molar-refractivity contribution < 1.29 is 0 Å². The standard InChI is InChI=1S/C5H6N4S/c1-2-3-10-5-7-4(6)8-9-5/h1H,3H2,(H3,6,7,8,9). The summed E-state index contributed by atoms with van der Waals surface area (Å²) in [6.07, 6.45) is 5.02. The zero-order valence-corrected chi connectivity index (χ0v) is 5.98. The Bertz CT molecular complexity index is 248. The van der Waals surface area contributed by atoms with Crippen LogP contribution in [-0.4, -0.2) is 20.9 Å². The zero-order chi connectivity index (χ0) is 7.40. The molecule has 3 N–H and O–H groups in total. The summed E-state index contributed by atoms with van der Waals surface area (Å²) in [4.78, 5) is 3.83. The van der Waals surface area contributed by atoms with Gasteiger partial charge in [0.05, 0.1) is 5.75 Å². The Morgan fingerprint density at radius 3 is 3.10 bits per heavy atom. The molecular formula is C5H6N4S. The highest BCUT2D eigenvalue weighted by Gasteiger charge is 1.97. The molecule has 0 radical (unpaired) electrons. The smallest absolute Gasteiger partial charge is 0.216 e. The van der Waals surface area contributed by atoms with Crippen LogP contribution < -0.4 is 5.73 Å². The van der Waals surface area contributed by atoms with Gasteiger partial charge in [-0.1, -0.05) is 17.7 Å². The topological polar surface area (TPSA) is 67.6 Å². The first-order valence-electron chi connectivity index (χ1n) is 2.57. The fourth-order valence-electron chi connectivity index (χ4n) is 0.429. The summed E-state index contributed by atoms with van der Waals surface area (Å²) in [5, 5.41) is 6.86. The quantitative estimate of drug-likeness (QED) is 0.468. The minimum Gasteiger partial charge on any atom is -0.368 e. The van der Waals surface area contributed by atoms with Crippen LogP contribution in [0.1, 0.15) is 0 Å². The Balaban J connectivity index is 2.52. The van der Waals surface area contributed by atoms with Crippen LogP contribution in [-0.2, 0) is 0 Å². The van der Waals surface area contributed by atoms with Gasteiger partial charge < -0.3 is 5.73 Å². The van der Waals surface area contributed by atoms with E-state index < -0.39 is 0 Å². The second-order valence-corrected chi connectivity index (χ2v) is 2.44. The summed E-state index contributed by atoms with van der Waals surface area (Å²) >= 11 is 1.37. The highest BCUT2D eigenvalue weighted by molar-refractivity contribution is 7.99. The third-order valence-electron chi connectivity index (χ3n) is 0.767. The molecule has 0 atom stereocenters. The van der Waals surface area contributed by atoms with Crippen molar-refractivity contribution in [1.29, 1.82) is 0 Å². The largest absolute Gasteiger partial charge is 0.368 e. The Morgan fingerprint density at radius 1 is 1.80 bits per heavy atom. The van der Waals surface area contributed by atoms with Gasteiger partial charge in [0, 0.05) is 0 Å². The summed E-state index contributed by atoms with van der Waals surface area (Å²) in [5.74, 6) is 3.34. The van der Waals surface area contributed by atoms with Crippen molar-refractivity contribution in [1.82, 2.24) is 15.2 Å². The maximum absolute atomic E-state index is 5.26. The van der Waals surface area contributed by atoms with Crippen LogP contribution in [0.25, 0.3) is 0 Å². The molecule has 0 aliphatic carbocycles. The van der Waals surface area contributed by atoms with Gasteiger partial charge in [0.2, 0.25) is 11.1 Å². The van der Waals surface area contributed by atoms with Crippen LogP contribution in [0.4, 0.5) is 5.95 Å². The molecule has 52 valence electrons. The van der Waals surface area contributed by atoms with Crippen molar-refractivity contribution in [3.05, 3.63) is 0 Å². The molecule has 1 aromatic heterocycles. The van der Waals surface area contributed by atoms with Crippen molar-refractivity contribution in [3.63, 3.8) is 0 Å². The predicted molar refractivity (Wildman–Crippen MR) is 40.4 cm³/mol. The zero-order valence-electron chi connectivity index (χ0n) is 5.16. The van der Waals surface area contributed by atoms with Gasteiger partial charge in [0.15, 0.2) is 0 Å². The number of thioether (sulfide) groups is 1. The van der Waals surface area contributed by atoms with Gasteiger partial charge in [0.25, 0.3) is 0 Å². The SMILES string of the molecule is C#CCSc1n[nH]c(N)n1. The normalized spacial score (nSPS) is 9.10. The second-order valence-electron chi connectivity index (χ2n) is 1.50. The van der Waals surface area contributed by atoms with Crippen LogP contribution in [0, 0.1) is 12.3 Å². The van der Waals surface area contributed by atoms with E-state index in [9.17, 15) is 0 Å². The fourth-order valence-corrected chi connectivity index (χ4v) is 0.914. The summed E-state index contributed by atoms with van der Waals surface area (Å²) in [6, 6.07) is 0. The molecule has 0 aliphatic rings. The molecule has 0 amide bonds. The lowest BCUT2D eigenvalue weighted by molar-refractivity contribution is 0.976. The van der Waals surface area contributed by atoms with E-state index in [2.05, 4.69) is 21.1 Å². The van der Waals surface area contributed by atoms with Crippen LogP contribution in [0.2, 0.25) is 0 Å². The summed E-state index contributed by atoms with van der Waals surface area (Å²) < 4.78 is 0. The number of terminal acetylenes is 1. The molecule has 10 heavy (non-hydrogen) atoms. The Kier molecular flexibility index (Phi) is 2.18. The number of H-pyrrole nitrogens is 1. The van der Waals surface area contributed by atoms with Gasteiger partial charge in [-0.15, -0.1) is 11.5 Å². The molecule has 0 fully saturated rings. The van der Waals surface area contributed by atoms with E-state index in [1.54, 1.807) is 0 Å². The van der Waals surface area contributed by atoms with E-state index >= 15 is 0 Å². The fraction of sp³-hybridized carbons (Fsp3) is 0.200. The van der Waals surface area contributed by atoms with Crippen molar-refractivity contribution in [2.24, 2.45) is 0 Å². The van der Waals surface area contributed by atoms with Gasteiger partial charge >= 0.3 is 0 Å². The van der Waals surface area contributed by atoms with Crippen molar-refractivity contribution in [2.45, 2.75) is 5.16 Å². The molecule has 0 spiro atoms. The number of nitrogens with two attached hydrogens (primary N) is 1. The number of hydrogen-bond donors (Lipinski definition) is 2. The van der Waals surface area contributed by atoms with Gasteiger partial charge in [-0.25, -0.2) is 5.10 Å². The van der Waals surface area contributed by atoms with Crippen molar-refractivity contribution >= 4 is 17.7 Å². The van der Waals surface area contributed by atoms with E-state index in [1.807, 2.05) is 0 Å². The minimum absolute atomic E-state index is 0.319. The van der Waals surface area contributed by atoms with E-state index in [-0.39, 0.29) is 0 Å². The first kappa shape index (κ1) is 6.96. The highest BCUT2D eigenvalue weighted by atomic mass is 32.2. The van der Waals surface area contributed by atoms with Crippen LogP contribution in [0.5, 0.6) is 0 Å². The molecule has 0 aliphatic heterocycles. The van der Waals surface area contributed by atoms with Crippen LogP contribution in [0.15, 0.2) is 5.16 Å². The van der Waals surface area contributed by atoms with Gasteiger partial charge in [-0.2, -0.15) is 4.98 Å². The van der Waals surface area contributed by atoms with Gasteiger partial charge in [0.1, 0.15) is 0 Å². The number of nitrogens with zero attached hydrogens (tertiary/aromatic N) is 2. The van der Waals surface area contributed by atoms with E-state index in [0.29, 0.717) is 16.9 Å². The van der Waals surface area contributed by atoms with Crippen LogP contribution in [0.3, 0.4) is 0 Å². The molecule has 1 rings (SSSR count). The number of nitrogens with one attached hydrogen (secondary N) is 1. The monoisotopic (exact) mass is 154 g/mol. The Labute approximate surface area is 62.6 Å². The van der Waals surface area contributed by atoms with E-state index in [1.165, 1.54) is 11.8 Å². The van der Waals surface area contributed by atoms with E-state index in [4.69, 9.17) is 12.2 Å². The van der Waals surface area contributed by atoms with Crippen molar-refractivity contribution in [2.75, 3.05) is 11.5 Å². The number of aromatic nitrogens is 3. The summed E-state index contributed by atoms with van der Waals surface area (Å²) in [6.45, 7) is 0. The summed E-state index contributed by atoms with van der Waals surface area (Å²) in [7, 11) is 0. The van der Waals surface area contributed by atoms with Crippen LogP contribution >= 0.6 is 11.8 Å². The lowest BCUT2D eigenvalue weighted by atomic mass is 10.8. The average Bonchev–Trinajstić information content (AvgIpc) is 2.31. The maximum atomic E-state index is 5.26. The second kappa shape index (κ2) is 3.13. The number of nitrogen functional groups attached to an aromatic ring is 1. The first-order valence-corrected chi connectivity index (χ1v) is 3.55. The lowest BCUT2D eigenvalue weighted by Crippen LogP contribution is -1.85. The maximum Gasteiger partial charge on any atom is 0.216 e. The minimum atomic E-state index is 0.319. The number of aromatic amines is 1. The number of hydrogen-bond acceptors (Lipinski definition) is 4. The molecule has 0 unspecified atom stereocenters. The van der Waals surface area contributed by atoms with E-state index in [0.717, 1.165) is 0 Å². The molecule has 1 aromatic rings. The molecule has 0 saturated heterocycles. The molecular weight excluding hydrogens is 148 g/mol. The first-order chi connectivity index (χ1) is 4.83. The Hall–Kier alpha value is -1.15. The molecule has 0 saturated carbocycles. The average molecular weight is 154 g/mol. The molecule has 5 heteroatoms. The molecule has 1 heterocycles. The number of rotatable bonds is 2. The van der Waals surface area contributed by atoms with Crippen molar-refractivity contribution in [3.8, 4) is 12.3 Å². The summed E-state index contributed by atoms with van der Waals surface area (Å²) in [5.41, 5.74) is 5.26. The molecule has 0 bridgehead atoms. The van der Waals surface area contributed by atoms with Gasteiger partial charge in [-0.05, 0) is 0 Å². The molecule has 0 aromatic carbocycles. The van der Waals surface area contributed by atoms with Gasteiger partial charge in [-0.3, -0.25) is 0 Å². The Morgan fingerprint density at radius 2 is 2.60 bits per heavy atom. The predicted octanol–water partition coefficient (Wildman–Crippen LogP) is 0.112. The highest BCUT2D eigenvalue weighted by Crippen LogP contribution is 2.10.